The van der Waals surface area contributed by atoms with E-state index in [2.05, 4.69) is 24.1 Å². The first-order valence-corrected chi connectivity index (χ1v) is 5.21. The van der Waals surface area contributed by atoms with E-state index in [0.29, 0.717) is 0 Å². The molecule has 1 rings (SSSR count). The van der Waals surface area contributed by atoms with Gasteiger partial charge in [0.05, 0.1) is 0 Å². The average molecular weight is 180 g/mol. The zero-order chi connectivity index (χ0) is 9.52. The molecule has 1 aliphatic rings. The first-order chi connectivity index (χ1) is 6.33. The average Bonchev–Trinajstić information content (AvgIpc) is 2.15. The summed E-state index contributed by atoms with van der Waals surface area (Å²) < 4.78 is 0. The molecule has 0 radical (unpaired) electrons. The highest BCUT2D eigenvalue weighted by Gasteiger charge is 2.01. The maximum absolute atomic E-state index is 5.62. The lowest BCUT2D eigenvalue weighted by atomic mass is 10.2. The minimum Gasteiger partial charge on any atom is -0.399 e. The summed E-state index contributed by atoms with van der Waals surface area (Å²) >= 11 is 0. The molecule has 1 aliphatic heterocycles. The molecular weight excluding hydrogens is 160 g/mol. The minimum atomic E-state index is 0.893. The minimum absolute atomic E-state index is 0.893. The highest BCUT2D eigenvalue weighted by molar-refractivity contribution is 5.18. The molecule has 0 spiro atoms. The predicted molar refractivity (Wildman–Crippen MR) is 57.1 cm³/mol. The number of nitrogens with two attached hydrogens (primary N) is 1. The fourth-order valence-corrected chi connectivity index (χ4v) is 1.45. The summed E-state index contributed by atoms with van der Waals surface area (Å²) in [5, 5.41) is 0. The van der Waals surface area contributed by atoms with Gasteiger partial charge in [0.25, 0.3) is 0 Å². The van der Waals surface area contributed by atoms with Crippen molar-refractivity contribution in [1.29, 1.82) is 0 Å². The van der Waals surface area contributed by atoms with Gasteiger partial charge in [0.15, 0.2) is 0 Å². The highest BCUT2D eigenvalue weighted by atomic mass is 15.1. The topological polar surface area (TPSA) is 29.3 Å². The van der Waals surface area contributed by atoms with E-state index >= 15 is 0 Å². The normalized spacial score (nSPS) is 16.1. The fraction of sp³-hybridized carbons (Fsp3) is 0.636. The molecule has 0 aromatic carbocycles. The number of hydrogen-bond acceptors (Lipinski definition) is 2. The van der Waals surface area contributed by atoms with Crippen molar-refractivity contribution in [2.45, 2.75) is 32.6 Å². The third-order valence-electron chi connectivity index (χ3n) is 2.34. The molecule has 2 N–H and O–H groups in total. The van der Waals surface area contributed by atoms with Crippen LogP contribution in [0.5, 0.6) is 0 Å². The fourth-order valence-electron chi connectivity index (χ4n) is 1.45. The van der Waals surface area contributed by atoms with Crippen molar-refractivity contribution in [3.63, 3.8) is 0 Å². The smallest absolute Gasteiger partial charge is 0.0376 e. The monoisotopic (exact) mass is 180 g/mol. The van der Waals surface area contributed by atoms with Crippen molar-refractivity contribution in [1.82, 2.24) is 4.90 Å². The van der Waals surface area contributed by atoms with Crippen LogP contribution in [0.15, 0.2) is 24.0 Å². The molecule has 2 heteroatoms. The van der Waals surface area contributed by atoms with Crippen LogP contribution in [0.1, 0.15) is 32.6 Å². The van der Waals surface area contributed by atoms with Gasteiger partial charge >= 0.3 is 0 Å². The third-order valence-corrected chi connectivity index (χ3v) is 2.34. The second-order valence-corrected chi connectivity index (χ2v) is 3.58. The molecular formula is C11H20N2. The van der Waals surface area contributed by atoms with Crippen LogP contribution in [0.25, 0.3) is 0 Å². The Bertz CT molecular complexity index is 194. The van der Waals surface area contributed by atoms with Gasteiger partial charge in [-0.3, -0.25) is 0 Å². The lowest BCUT2D eigenvalue weighted by Gasteiger charge is -2.21. The zero-order valence-electron chi connectivity index (χ0n) is 8.50. The number of unbranched alkanes of at least 4 members (excludes halogenated alkanes) is 3. The van der Waals surface area contributed by atoms with Gasteiger partial charge in [-0.25, -0.2) is 0 Å². The molecule has 0 amide bonds. The molecule has 0 saturated heterocycles. The summed E-state index contributed by atoms with van der Waals surface area (Å²) in [7, 11) is 0. The summed E-state index contributed by atoms with van der Waals surface area (Å²) in [6.45, 7) is 4.39. The van der Waals surface area contributed by atoms with Gasteiger partial charge in [0.2, 0.25) is 0 Å². The van der Waals surface area contributed by atoms with Crippen LogP contribution in [-0.4, -0.2) is 18.0 Å². The van der Waals surface area contributed by atoms with E-state index in [-0.39, 0.29) is 0 Å². The first-order valence-electron chi connectivity index (χ1n) is 5.21. The Morgan fingerprint density at radius 1 is 1.38 bits per heavy atom. The molecule has 13 heavy (non-hydrogen) atoms. The van der Waals surface area contributed by atoms with Gasteiger partial charge in [0, 0.05) is 25.0 Å². The quantitative estimate of drug-likeness (QED) is 0.657. The molecule has 0 aromatic heterocycles. The van der Waals surface area contributed by atoms with Gasteiger partial charge in [0.1, 0.15) is 0 Å². The standard InChI is InChI=1S/C11H20N2/c1-2-3-4-5-8-13-9-6-11(12)7-10-13/h6-7,9H,2-5,8,10,12H2,1H3. The van der Waals surface area contributed by atoms with Crippen molar-refractivity contribution in [2.75, 3.05) is 13.1 Å². The lowest BCUT2D eigenvalue weighted by molar-refractivity contribution is 0.392. The van der Waals surface area contributed by atoms with Crippen LogP contribution in [0.3, 0.4) is 0 Å². The van der Waals surface area contributed by atoms with Crippen LogP contribution in [-0.2, 0) is 0 Å². The Balaban J connectivity index is 2.07. The molecule has 0 bridgehead atoms. The van der Waals surface area contributed by atoms with Crippen LogP contribution < -0.4 is 5.73 Å². The van der Waals surface area contributed by atoms with E-state index in [9.17, 15) is 0 Å². The summed E-state index contributed by atoms with van der Waals surface area (Å²) in [6.07, 6.45) is 11.5. The maximum atomic E-state index is 5.62. The summed E-state index contributed by atoms with van der Waals surface area (Å²) in [5.41, 5.74) is 6.51. The number of allylic oxidation sites excluding steroid dienone is 1. The van der Waals surface area contributed by atoms with Gasteiger partial charge in [-0.2, -0.15) is 0 Å². The lowest BCUT2D eigenvalue weighted by Crippen LogP contribution is -2.22. The van der Waals surface area contributed by atoms with Gasteiger partial charge < -0.3 is 10.6 Å². The summed E-state index contributed by atoms with van der Waals surface area (Å²) in [4.78, 5) is 2.31. The third kappa shape index (κ3) is 4.02. The Kier molecular flexibility index (Phi) is 4.44. The van der Waals surface area contributed by atoms with Crippen LogP contribution in [0.4, 0.5) is 0 Å². The van der Waals surface area contributed by atoms with E-state index < -0.39 is 0 Å². The van der Waals surface area contributed by atoms with Gasteiger partial charge in [-0.1, -0.05) is 26.2 Å². The molecule has 0 aromatic rings. The van der Waals surface area contributed by atoms with E-state index in [0.717, 1.165) is 12.2 Å². The van der Waals surface area contributed by atoms with E-state index in [1.165, 1.54) is 32.2 Å². The largest absolute Gasteiger partial charge is 0.399 e. The Labute approximate surface area is 81.1 Å². The van der Waals surface area contributed by atoms with Crippen LogP contribution in [0.2, 0.25) is 0 Å². The van der Waals surface area contributed by atoms with Crippen molar-refractivity contribution in [2.24, 2.45) is 5.73 Å². The molecule has 1 heterocycles. The van der Waals surface area contributed by atoms with E-state index in [1.54, 1.807) is 0 Å². The highest BCUT2D eigenvalue weighted by Crippen LogP contribution is 2.05. The molecule has 2 nitrogen and oxygen atoms in total. The van der Waals surface area contributed by atoms with Crippen molar-refractivity contribution in [3.05, 3.63) is 24.0 Å². The predicted octanol–water partition coefficient (Wildman–Crippen LogP) is 2.24. The maximum Gasteiger partial charge on any atom is 0.0376 e. The molecule has 74 valence electrons. The number of hydrogen-bond donors (Lipinski definition) is 1. The number of nitrogens with zero attached hydrogens (tertiary/aromatic N) is 1. The number of rotatable bonds is 5. The SMILES string of the molecule is CCCCCCN1C=CC(N)=CC1. The molecule has 0 atom stereocenters. The summed E-state index contributed by atoms with van der Waals surface area (Å²) in [6, 6.07) is 0. The molecule has 0 fully saturated rings. The van der Waals surface area contributed by atoms with E-state index in [1.807, 2.05) is 6.08 Å². The van der Waals surface area contributed by atoms with Gasteiger partial charge in [-0.15, -0.1) is 0 Å². The summed E-state index contributed by atoms with van der Waals surface area (Å²) in [5.74, 6) is 0. The second-order valence-electron chi connectivity index (χ2n) is 3.58. The van der Waals surface area contributed by atoms with Crippen LogP contribution in [0, 0.1) is 0 Å². The molecule has 0 unspecified atom stereocenters. The van der Waals surface area contributed by atoms with Crippen molar-refractivity contribution in [3.8, 4) is 0 Å². The van der Waals surface area contributed by atoms with Gasteiger partial charge in [-0.05, 0) is 18.6 Å². The van der Waals surface area contributed by atoms with Crippen LogP contribution >= 0.6 is 0 Å². The van der Waals surface area contributed by atoms with E-state index in [4.69, 9.17) is 5.73 Å². The Morgan fingerprint density at radius 3 is 2.85 bits per heavy atom. The van der Waals surface area contributed by atoms with Crippen molar-refractivity contribution >= 4 is 0 Å². The first kappa shape index (κ1) is 10.2. The Morgan fingerprint density at radius 2 is 2.23 bits per heavy atom. The molecule has 0 saturated carbocycles. The molecule has 0 aliphatic carbocycles. The zero-order valence-corrected chi connectivity index (χ0v) is 8.50. The second kappa shape index (κ2) is 5.68. The Hall–Kier alpha value is -0.920. The van der Waals surface area contributed by atoms with Crippen molar-refractivity contribution < 1.29 is 0 Å².